The maximum atomic E-state index is 5.64. The van der Waals surface area contributed by atoms with Crippen molar-refractivity contribution in [2.24, 2.45) is 0 Å². The third kappa shape index (κ3) is 4.33. The van der Waals surface area contributed by atoms with Gasteiger partial charge in [0.25, 0.3) is 0 Å². The summed E-state index contributed by atoms with van der Waals surface area (Å²) >= 11 is 1.56. The number of nitrogens with zero attached hydrogens (tertiary/aromatic N) is 2. The summed E-state index contributed by atoms with van der Waals surface area (Å²) < 4.78 is 0. The minimum atomic E-state index is 0.411. The lowest BCUT2D eigenvalue weighted by Gasteiger charge is -2.03. The van der Waals surface area contributed by atoms with Gasteiger partial charge in [0, 0.05) is 17.5 Å². The minimum Gasteiger partial charge on any atom is -0.399 e. The lowest BCUT2D eigenvalue weighted by atomic mass is 10.1. The number of nitrogen functional groups attached to an aromatic ring is 3. The molecule has 2 rings (SSSR count). The fourth-order valence-electron chi connectivity index (χ4n) is 1.65. The highest BCUT2D eigenvalue weighted by Gasteiger charge is 2.01. The quantitative estimate of drug-likeness (QED) is 0.333. The second-order valence-corrected chi connectivity index (χ2v) is 5.26. The van der Waals surface area contributed by atoms with Gasteiger partial charge < -0.3 is 17.2 Å². The predicted octanol–water partition coefficient (Wildman–Crippen LogP) is 1.95. The Morgan fingerprint density at radius 2 is 1.58 bits per heavy atom. The number of nitrogens with two attached hydrogens (primary N) is 3. The first kappa shape index (κ1) is 13.5. The molecule has 2 aromatic rings. The number of benzene rings is 1. The molecule has 0 saturated carbocycles. The van der Waals surface area contributed by atoms with Crippen LogP contribution in [0.25, 0.3) is 0 Å². The van der Waals surface area contributed by atoms with Gasteiger partial charge in [-0.05, 0) is 30.5 Å². The number of aryl methyl sites for hydroxylation is 1. The highest BCUT2D eigenvalue weighted by Crippen LogP contribution is 2.18. The number of anilines is 3. The molecule has 0 aliphatic rings. The van der Waals surface area contributed by atoms with Crippen molar-refractivity contribution in [2.45, 2.75) is 18.0 Å². The summed E-state index contributed by atoms with van der Waals surface area (Å²) in [5.74, 6) is 1.75. The SMILES string of the molecule is Nc1ccc(CCCSc2nc(N)cc(N)n2)cc1. The van der Waals surface area contributed by atoms with Crippen LogP contribution in [0.5, 0.6) is 0 Å². The van der Waals surface area contributed by atoms with E-state index < -0.39 is 0 Å². The van der Waals surface area contributed by atoms with Gasteiger partial charge in [-0.25, -0.2) is 9.97 Å². The van der Waals surface area contributed by atoms with Crippen molar-refractivity contribution in [3.63, 3.8) is 0 Å². The third-order valence-corrected chi connectivity index (χ3v) is 3.50. The Morgan fingerprint density at radius 3 is 2.21 bits per heavy atom. The lowest BCUT2D eigenvalue weighted by Crippen LogP contribution is -1.99. The molecule has 0 aliphatic heterocycles. The van der Waals surface area contributed by atoms with E-state index in [9.17, 15) is 0 Å². The Kier molecular flexibility index (Phi) is 4.46. The van der Waals surface area contributed by atoms with Crippen molar-refractivity contribution < 1.29 is 0 Å². The molecule has 0 bridgehead atoms. The van der Waals surface area contributed by atoms with Crippen LogP contribution in [0.3, 0.4) is 0 Å². The Morgan fingerprint density at radius 1 is 0.947 bits per heavy atom. The molecular weight excluding hydrogens is 258 g/mol. The van der Waals surface area contributed by atoms with Crippen molar-refractivity contribution in [3.05, 3.63) is 35.9 Å². The molecule has 0 unspecified atom stereocenters. The Hall–Kier alpha value is -1.95. The molecule has 0 fully saturated rings. The van der Waals surface area contributed by atoms with E-state index in [1.165, 1.54) is 5.56 Å². The average Bonchev–Trinajstić information content (AvgIpc) is 2.36. The summed E-state index contributed by atoms with van der Waals surface area (Å²) in [6, 6.07) is 9.50. The zero-order chi connectivity index (χ0) is 13.7. The highest BCUT2D eigenvalue weighted by molar-refractivity contribution is 7.99. The molecule has 5 nitrogen and oxygen atoms in total. The molecule has 1 heterocycles. The molecule has 0 saturated heterocycles. The normalized spacial score (nSPS) is 10.5. The van der Waals surface area contributed by atoms with Crippen LogP contribution in [0.2, 0.25) is 0 Å². The first-order chi connectivity index (χ1) is 9.13. The molecule has 6 heteroatoms. The molecular formula is C13H17N5S. The second-order valence-electron chi connectivity index (χ2n) is 4.19. The zero-order valence-electron chi connectivity index (χ0n) is 10.5. The van der Waals surface area contributed by atoms with Gasteiger partial charge in [0.2, 0.25) is 0 Å². The molecule has 1 aromatic carbocycles. The topological polar surface area (TPSA) is 104 Å². The third-order valence-electron chi connectivity index (χ3n) is 2.57. The smallest absolute Gasteiger partial charge is 0.191 e. The Bertz CT molecular complexity index is 521. The van der Waals surface area contributed by atoms with E-state index >= 15 is 0 Å². The summed E-state index contributed by atoms with van der Waals surface area (Å²) in [5, 5.41) is 0.634. The summed E-state index contributed by atoms with van der Waals surface area (Å²) in [4.78, 5) is 8.25. The van der Waals surface area contributed by atoms with E-state index in [0.29, 0.717) is 16.8 Å². The van der Waals surface area contributed by atoms with Crippen LogP contribution < -0.4 is 17.2 Å². The monoisotopic (exact) mass is 275 g/mol. The summed E-state index contributed by atoms with van der Waals surface area (Å²) in [5.41, 5.74) is 18.9. The summed E-state index contributed by atoms with van der Waals surface area (Å²) in [7, 11) is 0. The van der Waals surface area contributed by atoms with E-state index in [2.05, 4.69) is 22.1 Å². The molecule has 100 valence electrons. The van der Waals surface area contributed by atoms with Crippen LogP contribution in [0.4, 0.5) is 17.3 Å². The molecule has 0 amide bonds. The maximum absolute atomic E-state index is 5.64. The number of hydrogen-bond donors (Lipinski definition) is 3. The largest absolute Gasteiger partial charge is 0.399 e. The molecule has 0 aliphatic carbocycles. The van der Waals surface area contributed by atoms with Crippen molar-refractivity contribution in [3.8, 4) is 0 Å². The van der Waals surface area contributed by atoms with Gasteiger partial charge in [-0.2, -0.15) is 0 Å². The Balaban J connectivity index is 1.79. The van der Waals surface area contributed by atoms with Gasteiger partial charge in [-0.3, -0.25) is 0 Å². The second kappa shape index (κ2) is 6.29. The van der Waals surface area contributed by atoms with Crippen molar-refractivity contribution in [1.82, 2.24) is 9.97 Å². The van der Waals surface area contributed by atoms with Crippen LogP contribution in [0, 0.1) is 0 Å². The van der Waals surface area contributed by atoms with Gasteiger partial charge in [0.1, 0.15) is 11.6 Å². The molecule has 0 spiro atoms. The Labute approximate surface area is 116 Å². The average molecular weight is 275 g/mol. The standard InChI is InChI=1S/C13H17N5S/c14-10-5-3-9(4-6-10)2-1-7-19-13-17-11(15)8-12(16)18-13/h3-6,8H,1-2,7,14H2,(H4,15,16,17,18). The minimum absolute atomic E-state index is 0.411. The lowest BCUT2D eigenvalue weighted by molar-refractivity contribution is 0.921. The molecule has 19 heavy (non-hydrogen) atoms. The number of thioether (sulfide) groups is 1. The van der Waals surface area contributed by atoms with E-state index in [4.69, 9.17) is 17.2 Å². The van der Waals surface area contributed by atoms with Crippen molar-refractivity contribution in [1.29, 1.82) is 0 Å². The zero-order valence-corrected chi connectivity index (χ0v) is 11.4. The van der Waals surface area contributed by atoms with Gasteiger partial charge >= 0.3 is 0 Å². The van der Waals surface area contributed by atoms with Gasteiger partial charge in [-0.15, -0.1) is 0 Å². The number of rotatable bonds is 5. The summed E-state index contributed by atoms with van der Waals surface area (Å²) in [6.07, 6.45) is 2.04. The van der Waals surface area contributed by atoms with Crippen molar-refractivity contribution in [2.75, 3.05) is 23.0 Å². The summed E-state index contributed by atoms with van der Waals surface area (Å²) in [6.45, 7) is 0. The first-order valence-electron chi connectivity index (χ1n) is 6.01. The van der Waals surface area contributed by atoms with Crippen LogP contribution in [0.1, 0.15) is 12.0 Å². The van der Waals surface area contributed by atoms with E-state index in [1.807, 2.05) is 12.1 Å². The van der Waals surface area contributed by atoms with Crippen LogP contribution in [-0.4, -0.2) is 15.7 Å². The van der Waals surface area contributed by atoms with E-state index in [-0.39, 0.29) is 0 Å². The van der Waals surface area contributed by atoms with Crippen LogP contribution in [-0.2, 0) is 6.42 Å². The van der Waals surface area contributed by atoms with Gasteiger partial charge in [0.15, 0.2) is 5.16 Å². The molecule has 6 N–H and O–H groups in total. The van der Waals surface area contributed by atoms with E-state index in [1.54, 1.807) is 17.8 Å². The highest BCUT2D eigenvalue weighted by atomic mass is 32.2. The maximum Gasteiger partial charge on any atom is 0.191 e. The fraction of sp³-hybridized carbons (Fsp3) is 0.231. The van der Waals surface area contributed by atoms with Gasteiger partial charge in [0.05, 0.1) is 0 Å². The van der Waals surface area contributed by atoms with E-state index in [0.717, 1.165) is 24.3 Å². The molecule has 0 radical (unpaired) electrons. The molecule has 1 aromatic heterocycles. The number of aromatic nitrogens is 2. The van der Waals surface area contributed by atoms with Gasteiger partial charge in [-0.1, -0.05) is 23.9 Å². The fourth-order valence-corrected chi connectivity index (χ4v) is 2.46. The van der Waals surface area contributed by atoms with Crippen LogP contribution >= 0.6 is 11.8 Å². The van der Waals surface area contributed by atoms with Crippen molar-refractivity contribution >= 4 is 29.1 Å². The predicted molar refractivity (Wildman–Crippen MR) is 80.8 cm³/mol. The first-order valence-corrected chi connectivity index (χ1v) is 6.99. The van der Waals surface area contributed by atoms with Crippen LogP contribution in [0.15, 0.2) is 35.5 Å². The number of hydrogen-bond acceptors (Lipinski definition) is 6. The molecule has 0 atom stereocenters.